The van der Waals surface area contributed by atoms with E-state index in [0.29, 0.717) is 5.95 Å². The first-order chi connectivity index (χ1) is 8.70. The van der Waals surface area contributed by atoms with Crippen molar-refractivity contribution in [1.29, 1.82) is 0 Å². The maximum Gasteiger partial charge on any atom is 0.243 e. The molecule has 0 aliphatic rings. The van der Waals surface area contributed by atoms with E-state index in [1.54, 1.807) is 17.9 Å². The first-order valence-corrected chi connectivity index (χ1v) is 5.67. The van der Waals surface area contributed by atoms with Gasteiger partial charge >= 0.3 is 0 Å². The Balaban J connectivity index is 2.09. The number of nitrogens with zero attached hydrogens (tertiary/aromatic N) is 3. The quantitative estimate of drug-likeness (QED) is 0.805. The van der Waals surface area contributed by atoms with Crippen molar-refractivity contribution in [3.63, 3.8) is 0 Å². The molecule has 0 aliphatic carbocycles. The number of ketones is 1. The molecule has 0 amide bonds. The molecule has 1 atom stereocenters. The van der Waals surface area contributed by atoms with Crippen molar-refractivity contribution in [3.05, 3.63) is 36.7 Å². The van der Waals surface area contributed by atoms with Gasteiger partial charge in [-0.1, -0.05) is 18.2 Å². The second-order valence-corrected chi connectivity index (χ2v) is 3.88. The topological polar surface area (TPSA) is 85.8 Å². The van der Waals surface area contributed by atoms with E-state index in [9.17, 15) is 4.79 Å². The predicted molar refractivity (Wildman–Crippen MR) is 68.5 cm³/mol. The van der Waals surface area contributed by atoms with Gasteiger partial charge in [-0.3, -0.25) is 4.79 Å². The smallest absolute Gasteiger partial charge is 0.243 e. The third kappa shape index (κ3) is 2.72. The zero-order valence-electron chi connectivity index (χ0n) is 10.1. The average Bonchev–Trinajstić information content (AvgIpc) is 2.87. The van der Waals surface area contributed by atoms with Crippen molar-refractivity contribution in [2.75, 3.05) is 11.9 Å². The monoisotopic (exact) mass is 245 g/mol. The van der Waals surface area contributed by atoms with E-state index in [1.807, 2.05) is 30.3 Å². The lowest BCUT2D eigenvalue weighted by Gasteiger charge is -2.08. The normalized spacial score (nSPS) is 12.1. The maximum atomic E-state index is 11.3. The van der Waals surface area contributed by atoms with Crippen LogP contribution in [-0.2, 0) is 4.79 Å². The number of benzene rings is 1. The van der Waals surface area contributed by atoms with Crippen LogP contribution in [0.3, 0.4) is 0 Å². The molecule has 0 spiro atoms. The van der Waals surface area contributed by atoms with Crippen LogP contribution in [0, 0.1) is 0 Å². The number of carbonyl (C=O) groups excluding carboxylic acids is 1. The Morgan fingerprint density at radius 3 is 2.83 bits per heavy atom. The Morgan fingerprint density at radius 1 is 1.44 bits per heavy atom. The van der Waals surface area contributed by atoms with Crippen LogP contribution in [0.15, 0.2) is 36.7 Å². The molecule has 0 radical (unpaired) electrons. The number of para-hydroxylation sites is 1. The molecule has 1 heterocycles. The van der Waals surface area contributed by atoms with E-state index < -0.39 is 0 Å². The summed E-state index contributed by atoms with van der Waals surface area (Å²) in [5.41, 5.74) is 6.20. The van der Waals surface area contributed by atoms with Crippen molar-refractivity contribution in [3.8, 4) is 5.69 Å². The van der Waals surface area contributed by atoms with Crippen LogP contribution in [0.25, 0.3) is 5.69 Å². The highest BCUT2D eigenvalue weighted by Crippen LogP contribution is 2.07. The molecule has 0 bridgehead atoms. The number of nitrogens with one attached hydrogen (secondary N) is 1. The Labute approximate surface area is 105 Å². The summed E-state index contributed by atoms with van der Waals surface area (Å²) in [6, 6.07) is 9.23. The zero-order valence-corrected chi connectivity index (χ0v) is 10.1. The number of anilines is 1. The standard InChI is InChI=1S/C12H15N5O/c1-9(11(18)7-13)15-12-14-8-17(16-12)10-5-3-2-4-6-10/h2-6,8-9H,7,13H2,1H3,(H,15,16). The van der Waals surface area contributed by atoms with Crippen LogP contribution in [-0.4, -0.2) is 33.1 Å². The maximum absolute atomic E-state index is 11.3. The minimum Gasteiger partial charge on any atom is -0.343 e. The fraction of sp³-hybridized carbons (Fsp3) is 0.250. The van der Waals surface area contributed by atoms with Crippen molar-refractivity contribution in [2.24, 2.45) is 5.73 Å². The number of hydrogen-bond acceptors (Lipinski definition) is 5. The molecule has 6 heteroatoms. The highest BCUT2D eigenvalue weighted by molar-refractivity contribution is 5.87. The molecule has 6 nitrogen and oxygen atoms in total. The molecule has 94 valence electrons. The van der Waals surface area contributed by atoms with Crippen molar-refractivity contribution >= 4 is 11.7 Å². The Bertz CT molecular complexity index is 522. The number of aromatic nitrogens is 3. The molecule has 1 aromatic carbocycles. The third-order valence-corrected chi connectivity index (χ3v) is 2.54. The average molecular weight is 245 g/mol. The van der Waals surface area contributed by atoms with Gasteiger partial charge in [0.15, 0.2) is 5.78 Å². The fourth-order valence-corrected chi connectivity index (χ4v) is 1.49. The van der Waals surface area contributed by atoms with Gasteiger partial charge in [0.1, 0.15) is 6.33 Å². The van der Waals surface area contributed by atoms with Gasteiger partial charge < -0.3 is 11.1 Å². The van der Waals surface area contributed by atoms with Gasteiger partial charge in [0, 0.05) is 0 Å². The van der Waals surface area contributed by atoms with E-state index in [2.05, 4.69) is 15.4 Å². The first kappa shape index (κ1) is 12.3. The highest BCUT2D eigenvalue weighted by atomic mass is 16.1. The van der Waals surface area contributed by atoms with Crippen LogP contribution in [0.5, 0.6) is 0 Å². The van der Waals surface area contributed by atoms with E-state index in [4.69, 9.17) is 5.73 Å². The molecule has 1 aromatic heterocycles. The van der Waals surface area contributed by atoms with Crippen LogP contribution in [0.1, 0.15) is 6.92 Å². The van der Waals surface area contributed by atoms with Gasteiger partial charge in [-0.05, 0) is 19.1 Å². The van der Waals surface area contributed by atoms with Crippen LogP contribution in [0.4, 0.5) is 5.95 Å². The van der Waals surface area contributed by atoms with Crippen molar-refractivity contribution < 1.29 is 4.79 Å². The Hall–Kier alpha value is -2.21. The second-order valence-electron chi connectivity index (χ2n) is 3.88. The van der Waals surface area contributed by atoms with E-state index in [1.165, 1.54) is 0 Å². The van der Waals surface area contributed by atoms with Gasteiger partial charge in [0.2, 0.25) is 5.95 Å². The molecule has 2 rings (SSSR count). The Morgan fingerprint density at radius 2 is 2.17 bits per heavy atom. The highest BCUT2D eigenvalue weighted by Gasteiger charge is 2.12. The van der Waals surface area contributed by atoms with Gasteiger partial charge in [-0.2, -0.15) is 0 Å². The lowest BCUT2D eigenvalue weighted by Crippen LogP contribution is -2.32. The number of Topliss-reactive ketones (excluding diaryl/α,β-unsaturated/α-hetero) is 1. The first-order valence-electron chi connectivity index (χ1n) is 5.67. The summed E-state index contributed by atoms with van der Waals surface area (Å²) in [6.07, 6.45) is 1.59. The number of carbonyl (C=O) groups is 1. The van der Waals surface area contributed by atoms with Gasteiger partial charge in [-0.25, -0.2) is 9.67 Å². The molecule has 0 saturated carbocycles. The van der Waals surface area contributed by atoms with E-state index in [-0.39, 0.29) is 18.4 Å². The molecule has 1 unspecified atom stereocenters. The molecule has 0 saturated heterocycles. The minimum atomic E-state index is -0.387. The minimum absolute atomic E-state index is 0.00750. The van der Waals surface area contributed by atoms with E-state index >= 15 is 0 Å². The van der Waals surface area contributed by atoms with Gasteiger partial charge in [0.25, 0.3) is 0 Å². The second kappa shape index (κ2) is 5.42. The molecule has 2 aromatic rings. The zero-order chi connectivity index (χ0) is 13.0. The number of rotatable bonds is 5. The SMILES string of the molecule is CC(Nc1ncn(-c2ccccc2)n1)C(=O)CN. The molecule has 0 aliphatic heterocycles. The van der Waals surface area contributed by atoms with Crippen LogP contribution < -0.4 is 11.1 Å². The summed E-state index contributed by atoms with van der Waals surface area (Å²) in [5, 5.41) is 7.15. The predicted octanol–water partition coefficient (Wildman–Crippen LogP) is 0.595. The summed E-state index contributed by atoms with van der Waals surface area (Å²) >= 11 is 0. The van der Waals surface area contributed by atoms with E-state index in [0.717, 1.165) is 5.69 Å². The lowest BCUT2D eigenvalue weighted by molar-refractivity contribution is -0.118. The summed E-state index contributed by atoms with van der Waals surface area (Å²) in [7, 11) is 0. The van der Waals surface area contributed by atoms with Crippen molar-refractivity contribution in [1.82, 2.24) is 14.8 Å². The van der Waals surface area contributed by atoms with Crippen LogP contribution in [0.2, 0.25) is 0 Å². The summed E-state index contributed by atoms with van der Waals surface area (Å²) < 4.78 is 1.64. The molecule has 18 heavy (non-hydrogen) atoms. The summed E-state index contributed by atoms with van der Waals surface area (Å²) in [4.78, 5) is 15.4. The Kier molecular flexibility index (Phi) is 3.69. The molecule has 3 N–H and O–H groups in total. The summed E-state index contributed by atoms with van der Waals surface area (Å²) in [5.74, 6) is 0.333. The van der Waals surface area contributed by atoms with Gasteiger partial charge in [0.05, 0.1) is 18.3 Å². The number of hydrogen-bond donors (Lipinski definition) is 2. The molecular weight excluding hydrogens is 230 g/mol. The van der Waals surface area contributed by atoms with Crippen molar-refractivity contribution in [2.45, 2.75) is 13.0 Å². The summed E-state index contributed by atoms with van der Waals surface area (Å²) in [6.45, 7) is 1.74. The lowest BCUT2D eigenvalue weighted by atomic mass is 10.2. The van der Waals surface area contributed by atoms with Crippen LogP contribution >= 0.6 is 0 Å². The third-order valence-electron chi connectivity index (χ3n) is 2.54. The molecular formula is C12H15N5O. The van der Waals surface area contributed by atoms with Gasteiger partial charge in [-0.15, -0.1) is 5.10 Å². The number of nitrogens with two attached hydrogens (primary N) is 1. The largest absolute Gasteiger partial charge is 0.343 e. The molecule has 0 fully saturated rings. The fourth-order valence-electron chi connectivity index (χ4n) is 1.49.